The summed E-state index contributed by atoms with van der Waals surface area (Å²) in [6, 6.07) is 29.4. The van der Waals surface area contributed by atoms with Gasteiger partial charge < -0.3 is 18.8 Å². The Morgan fingerprint density at radius 3 is 2.19 bits per heavy atom. The Hall–Kier alpha value is -4.97. The maximum absolute atomic E-state index is 15.4. The average Bonchev–Trinajstić information content (AvgIpc) is 3.56. The van der Waals surface area contributed by atoms with Crippen molar-refractivity contribution in [2.45, 2.75) is 73.3 Å². The van der Waals surface area contributed by atoms with Crippen molar-refractivity contribution in [3.8, 4) is 45.8 Å². The predicted octanol–water partition coefficient (Wildman–Crippen LogP) is 11.0. The molecule has 0 amide bonds. The number of hydrogen-bond donors (Lipinski definition) is 0. The van der Waals surface area contributed by atoms with E-state index in [1.807, 2.05) is 74.7 Å². The van der Waals surface area contributed by atoms with Gasteiger partial charge in [0.15, 0.2) is 0 Å². The Bertz CT molecular complexity index is 2460. The standard InChI is InChI=1S/C44H43FN4O3.Pd/c1-26-19-29(20-27(2)41(26)43(4,5)6)40-28(3)47-49(42(40)50-10)31-21-30(45)22-34(23-31)51-32-15-16-36-35-13-11-12-14-37(35)48(38(36)24-32)39-25-33(17-18-46-39)52-44(7,8)9;/h11-22,25H,1-10H3;/q-2;+2. The van der Waals surface area contributed by atoms with Crippen LogP contribution in [-0.2, 0) is 25.8 Å². The van der Waals surface area contributed by atoms with Crippen LogP contribution in [0.5, 0.6) is 23.1 Å². The van der Waals surface area contributed by atoms with Crippen molar-refractivity contribution in [2.24, 2.45) is 0 Å². The maximum Gasteiger partial charge on any atom is 2.00 e. The van der Waals surface area contributed by atoms with Gasteiger partial charge in [0.2, 0.25) is 5.88 Å². The third-order valence-electron chi connectivity index (χ3n) is 8.95. The van der Waals surface area contributed by atoms with E-state index < -0.39 is 5.82 Å². The predicted molar refractivity (Wildman–Crippen MR) is 205 cm³/mol. The van der Waals surface area contributed by atoms with Gasteiger partial charge in [0.25, 0.3) is 0 Å². The number of hydrogen-bond acceptors (Lipinski definition) is 5. The van der Waals surface area contributed by atoms with Crippen molar-refractivity contribution in [3.05, 3.63) is 119 Å². The van der Waals surface area contributed by atoms with Crippen molar-refractivity contribution >= 4 is 21.8 Å². The molecular formula is C44H43FN4O3Pd. The molecule has 7 nitrogen and oxygen atoms in total. The van der Waals surface area contributed by atoms with E-state index in [1.54, 1.807) is 18.0 Å². The van der Waals surface area contributed by atoms with Crippen molar-refractivity contribution in [1.29, 1.82) is 0 Å². The molecule has 4 aromatic carbocycles. The van der Waals surface area contributed by atoms with Crippen LogP contribution in [-0.4, -0.2) is 32.0 Å². The van der Waals surface area contributed by atoms with Gasteiger partial charge in [-0.3, -0.25) is 0 Å². The van der Waals surface area contributed by atoms with E-state index in [1.165, 1.54) is 28.8 Å². The number of aromatic nitrogens is 4. The van der Waals surface area contributed by atoms with Gasteiger partial charge in [-0.25, -0.2) is 14.1 Å². The zero-order chi connectivity index (χ0) is 37.1. The first-order valence-corrected chi connectivity index (χ1v) is 17.4. The fourth-order valence-corrected chi connectivity index (χ4v) is 7.38. The summed E-state index contributed by atoms with van der Waals surface area (Å²) < 4.78 is 37.4. The van der Waals surface area contributed by atoms with Crippen LogP contribution < -0.4 is 14.2 Å². The summed E-state index contributed by atoms with van der Waals surface area (Å²) in [5.41, 5.74) is 7.97. The van der Waals surface area contributed by atoms with E-state index in [4.69, 9.17) is 24.3 Å². The Labute approximate surface area is 324 Å². The van der Waals surface area contributed by atoms with E-state index in [2.05, 4.69) is 65.0 Å². The molecule has 53 heavy (non-hydrogen) atoms. The van der Waals surface area contributed by atoms with Crippen molar-refractivity contribution in [3.63, 3.8) is 0 Å². The van der Waals surface area contributed by atoms with E-state index >= 15 is 4.39 Å². The molecule has 0 fully saturated rings. The van der Waals surface area contributed by atoms with Crippen LogP contribution in [0.15, 0.2) is 79.0 Å². The summed E-state index contributed by atoms with van der Waals surface area (Å²) in [6.45, 7) is 18.9. The summed E-state index contributed by atoms with van der Waals surface area (Å²) in [6.07, 6.45) is 1.74. The monoisotopic (exact) mass is 800 g/mol. The van der Waals surface area contributed by atoms with E-state index in [9.17, 15) is 0 Å². The van der Waals surface area contributed by atoms with E-state index in [0.717, 1.165) is 38.6 Å². The largest absolute Gasteiger partial charge is 2.00 e. The molecule has 0 aliphatic rings. The molecule has 0 spiro atoms. The number of nitrogens with zero attached hydrogens (tertiary/aromatic N) is 4. The molecule has 0 radical (unpaired) electrons. The number of ether oxygens (including phenoxy) is 3. The molecule has 3 heterocycles. The number of fused-ring (bicyclic) bond motifs is 3. The van der Waals surface area contributed by atoms with Gasteiger partial charge in [-0.05, 0) is 92.4 Å². The first kappa shape index (κ1) is 37.8. The van der Waals surface area contributed by atoms with Gasteiger partial charge in [0.05, 0.1) is 18.4 Å². The minimum absolute atomic E-state index is 0. The smallest absolute Gasteiger partial charge is 0.509 e. The second-order valence-electron chi connectivity index (χ2n) is 15.3. The molecule has 9 heteroatoms. The molecule has 0 saturated heterocycles. The van der Waals surface area contributed by atoms with Crippen molar-refractivity contribution in [2.75, 3.05) is 7.11 Å². The minimum atomic E-state index is -0.503. The molecule has 0 unspecified atom stereocenters. The zero-order valence-electron chi connectivity index (χ0n) is 31.7. The minimum Gasteiger partial charge on any atom is -0.509 e. The van der Waals surface area contributed by atoms with Gasteiger partial charge >= 0.3 is 20.4 Å². The summed E-state index contributed by atoms with van der Waals surface area (Å²) in [7, 11) is 1.60. The van der Waals surface area contributed by atoms with Gasteiger partial charge in [0, 0.05) is 35.1 Å². The fourth-order valence-electron chi connectivity index (χ4n) is 7.38. The zero-order valence-corrected chi connectivity index (χ0v) is 33.3. The second kappa shape index (κ2) is 14.1. The number of aryl methyl sites for hydroxylation is 3. The number of para-hydroxylation sites is 1. The quantitative estimate of drug-likeness (QED) is 0.119. The van der Waals surface area contributed by atoms with Crippen LogP contribution in [0, 0.1) is 38.7 Å². The Balaban J connectivity index is 0.00000481. The molecule has 3 aromatic heterocycles. The molecule has 0 atom stereocenters. The molecule has 0 N–H and O–H groups in total. The van der Waals surface area contributed by atoms with Crippen LogP contribution >= 0.6 is 0 Å². The number of halogens is 1. The number of methoxy groups -OCH3 is 1. The Morgan fingerprint density at radius 1 is 0.792 bits per heavy atom. The summed E-state index contributed by atoms with van der Waals surface area (Å²) in [5.74, 6) is 1.92. The van der Waals surface area contributed by atoms with Crippen LogP contribution in [0.2, 0.25) is 0 Å². The second-order valence-corrected chi connectivity index (χ2v) is 15.3. The fraction of sp³-hybridized carbons (Fsp3) is 0.273. The van der Waals surface area contributed by atoms with Crippen molar-refractivity contribution < 1.29 is 39.0 Å². The normalized spacial score (nSPS) is 11.9. The summed E-state index contributed by atoms with van der Waals surface area (Å²) >= 11 is 0. The van der Waals surface area contributed by atoms with Gasteiger partial charge in [-0.15, -0.1) is 29.7 Å². The molecule has 0 aliphatic heterocycles. The van der Waals surface area contributed by atoms with E-state index in [0.29, 0.717) is 28.9 Å². The SMILES string of the molecule is COc1c(-c2cc(C)c(C(C)(C)C)c(C)c2)c(C)nn1-c1[c-]c(Oc2[c-]c3c(cc2)c2ccccc2n3-c2cc(OC(C)(C)C)ccn2)cc(F)c1.[Pd+2]. The number of pyridine rings is 1. The van der Waals surface area contributed by atoms with E-state index in [-0.39, 0.29) is 37.2 Å². The molecule has 274 valence electrons. The molecule has 7 aromatic rings. The number of benzene rings is 4. The van der Waals surface area contributed by atoms with Gasteiger partial charge in [-0.1, -0.05) is 62.7 Å². The van der Waals surface area contributed by atoms with Gasteiger partial charge in [-0.2, -0.15) is 11.2 Å². The Kier molecular flexibility index (Phi) is 10.1. The number of rotatable bonds is 7. The molecule has 0 saturated carbocycles. The topological polar surface area (TPSA) is 63.3 Å². The first-order valence-electron chi connectivity index (χ1n) is 17.4. The van der Waals surface area contributed by atoms with Crippen LogP contribution in [0.1, 0.15) is 63.9 Å². The Morgan fingerprint density at radius 2 is 1.51 bits per heavy atom. The molecular weight excluding hydrogens is 758 g/mol. The maximum atomic E-state index is 15.4. The summed E-state index contributed by atoms with van der Waals surface area (Å²) in [5, 5.41) is 6.81. The van der Waals surface area contributed by atoms with Crippen LogP contribution in [0.4, 0.5) is 4.39 Å². The molecule has 0 bridgehead atoms. The van der Waals surface area contributed by atoms with Crippen molar-refractivity contribution in [1.82, 2.24) is 19.3 Å². The summed E-state index contributed by atoms with van der Waals surface area (Å²) in [4.78, 5) is 4.70. The average molecular weight is 801 g/mol. The third kappa shape index (κ3) is 7.33. The molecule has 0 aliphatic carbocycles. The van der Waals surface area contributed by atoms with Crippen LogP contribution in [0.25, 0.3) is 44.4 Å². The molecule has 7 rings (SSSR count). The first-order chi connectivity index (χ1) is 24.6. The van der Waals surface area contributed by atoms with Gasteiger partial charge in [0.1, 0.15) is 17.2 Å². The van der Waals surface area contributed by atoms with Crippen LogP contribution in [0.3, 0.4) is 0 Å². The third-order valence-corrected chi connectivity index (χ3v) is 8.95.